The highest BCUT2D eigenvalue weighted by molar-refractivity contribution is 7.87. The van der Waals surface area contributed by atoms with Crippen molar-refractivity contribution in [2.24, 2.45) is 0 Å². The highest BCUT2D eigenvalue weighted by Crippen LogP contribution is 2.42. The Hall–Kier alpha value is -6.31. The molecule has 1 aliphatic carbocycles. The van der Waals surface area contributed by atoms with Gasteiger partial charge in [0.2, 0.25) is 0 Å². The van der Waals surface area contributed by atoms with Crippen molar-refractivity contribution in [3.63, 3.8) is 0 Å². The molecular weight excluding hydrogens is 705 g/mol. The largest absolute Gasteiger partial charge is 0.507 e. The Kier molecular flexibility index (Phi) is 9.41. The Bertz CT molecular complexity index is 2570. The van der Waals surface area contributed by atoms with Crippen LogP contribution in [0.5, 0.6) is 23.0 Å². The number of rotatable bonds is 5. The second kappa shape index (κ2) is 14.5. The number of phenolic OH excluding ortho intramolecular Hbond substituents is 3. The molecule has 1 aliphatic rings. The predicted molar refractivity (Wildman–Crippen MR) is 217 cm³/mol. The lowest BCUT2D eigenvalue weighted by molar-refractivity contribution is 0.453. The van der Waals surface area contributed by atoms with E-state index >= 15 is 0 Å². The predicted octanol–water partition coefficient (Wildman–Crippen LogP) is 10.2. The topological polar surface area (TPSA) is 104 Å². The summed E-state index contributed by atoms with van der Waals surface area (Å²) in [6, 6.07) is 43.2. The van der Waals surface area contributed by atoms with Crippen molar-refractivity contribution in [2.45, 2.75) is 44.4 Å². The molecule has 0 radical (unpaired) electrons. The van der Waals surface area contributed by atoms with Crippen LogP contribution in [-0.4, -0.2) is 23.7 Å². The maximum atomic E-state index is 14.0. The third-order valence-corrected chi connectivity index (χ3v) is 11.5. The van der Waals surface area contributed by atoms with Gasteiger partial charge in [-0.1, -0.05) is 114 Å². The smallest absolute Gasteiger partial charge is 0.339 e. The molecule has 274 valence electrons. The molecule has 0 aromatic heterocycles. The molecule has 0 spiro atoms. The molecule has 7 heteroatoms. The van der Waals surface area contributed by atoms with E-state index in [9.17, 15) is 23.7 Å². The van der Waals surface area contributed by atoms with Crippen LogP contribution < -0.4 is 4.18 Å². The highest BCUT2D eigenvalue weighted by atomic mass is 32.2. The Morgan fingerprint density at radius 2 is 0.727 bits per heavy atom. The van der Waals surface area contributed by atoms with Gasteiger partial charge in [0.25, 0.3) is 0 Å². The number of hydrogen-bond donors (Lipinski definition) is 3. The number of hydrogen-bond acceptors (Lipinski definition) is 6. The Morgan fingerprint density at radius 3 is 1.11 bits per heavy atom. The van der Waals surface area contributed by atoms with Crippen LogP contribution in [0.2, 0.25) is 0 Å². The van der Waals surface area contributed by atoms with Crippen LogP contribution >= 0.6 is 0 Å². The van der Waals surface area contributed by atoms with E-state index in [0.717, 1.165) is 33.4 Å². The molecule has 6 nitrogen and oxygen atoms in total. The van der Waals surface area contributed by atoms with E-state index in [4.69, 9.17) is 4.18 Å². The summed E-state index contributed by atoms with van der Waals surface area (Å²) in [5, 5.41) is 35.9. The van der Waals surface area contributed by atoms with Gasteiger partial charge in [0.1, 0.15) is 27.9 Å². The molecule has 8 bridgehead atoms. The van der Waals surface area contributed by atoms with Crippen LogP contribution in [0, 0.1) is 13.8 Å². The fourth-order valence-corrected chi connectivity index (χ4v) is 8.74. The summed E-state index contributed by atoms with van der Waals surface area (Å²) in [7, 11) is -4.29. The Labute approximate surface area is 321 Å². The number of fused-ring (bicyclic) bond motifs is 8. The van der Waals surface area contributed by atoms with Gasteiger partial charge in [-0.3, -0.25) is 0 Å². The summed E-state index contributed by atoms with van der Waals surface area (Å²) >= 11 is 0. The Balaban J connectivity index is 1.40. The summed E-state index contributed by atoms with van der Waals surface area (Å²) in [5.41, 5.74) is 10.2. The standard InChI is InChI=1S/C48H40O6S/c1-30-18-36-26-40-22-34(32-12-6-3-7-13-32)23-41(47(40)51)27-37-19-31(2)21-39(46(37)50)29-43-25-35(33-14-8-4-9-15-33)24-42(28-38(20-30)45(36)49)48(43)54-55(52,53)44-16-10-5-11-17-44/h3-25,49-51H,26-29H2,1-2H3. The lowest BCUT2D eigenvalue weighted by Gasteiger charge is -2.21. The van der Waals surface area contributed by atoms with Gasteiger partial charge in [0, 0.05) is 36.8 Å². The first-order valence-corrected chi connectivity index (χ1v) is 19.7. The fourth-order valence-electron chi connectivity index (χ4n) is 7.72. The zero-order valence-electron chi connectivity index (χ0n) is 30.6. The lowest BCUT2D eigenvalue weighted by Crippen LogP contribution is -2.13. The average molecular weight is 745 g/mol. The van der Waals surface area contributed by atoms with E-state index in [2.05, 4.69) is 0 Å². The lowest BCUT2D eigenvalue weighted by atomic mass is 9.87. The highest BCUT2D eigenvalue weighted by Gasteiger charge is 2.26. The summed E-state index contributed by atoms with van der Waals surface area (Å²) < 4.78 is 34.1. The molecule has 0 atom stereocenters. The van der Waals surface area contributed by atoms with Crippen LogP contribution in [0.15, 0.2) is 144 Å². The van der Waals surface area contributed by atoms with Crippen LogP contribution in [-0.2, 0) is 35.8 Å². The minimum atomic E-state index is -4.29. The van der Waals surface area contributed by atoms with Crippen molar-refractivity contribution in [1.82, 2.24) is 0 Å². The first kappa shape index (κ1) is 35.7. The van der Waals surface area contributed by atoms with Gasteiger partial charge < -0.3 is 19.5 Å². The average Bonchev–Trinajstić information content (AvgIpc) is 3.18. The van der Waals surface area contributed by atoms with Crippen molar-refractivity contribution in [3.8, 4) is 45.3 Å². The van der Waals surface area contributed by atoms with E-state index in [-0.39, 0.29) is 53.6 Å². The molecule has 7 aromatic rings. The third-order valence-electron chi connectivity index (χ3n) is 10.3. The molecule has 0 saturated heterocycles. The van der Waals surface area contributed by atoms with Gasteiger partial charge in [-0.2, -0.15) is 8.42 Å². The van der Waals surface area contributed by atoms with Crippen molar-refractivity contribution in [1.29, 1.82) is 0 Å². The summed E-state index contributed by atoms with van der Waals surface area (Å²) in [6.07, 6.45) is 0.735. The summed E-state index contributed by atoms with van der Waals surface area (Å²) in [4.78, 5) is 0.0124. The van der Waals surface area contributed by atoms with E-state index < -0.39 is 10.1 Å². The van der Waals surface area contributed by atoms with Crippen LogP contribution in [0.4, 0.5) is 0 Å². The van der Waals surface area contributed by atoms with E-state index in [1.807, 2.05) is 123 Å². The minimum Gasteiger partial charge on any atom is -0.507 e. The molecule has 8 rings (SSSR count). The van der Waals surface area contributed by atoms with Gasteiger partial charge in [-0.15, -0.1) is 0 Å². The van der Waals surface area contributed by atoms with Gasteiger partial charge in [-0.05, 0) is 106 Å². The molecule has 55 heavy (non-hydrogen) atoms. The van der Waals surface area contributed by atoms with Gasteiger partial charge >= 0.3 is 10.1 Å². The maximum Gasteiger partial charge on any atom is 0.339 e. The van der Waals surface area contributed by atoms with Gasteiger partial charge in [-0.25, -0.2) is 0 Å². The second-order valence-electron chi connectivity index (χ2n) is 14.4. The summed E-state index contributed by atoms with van der Waals surface area (Å²) in [6.45, 7) is 3.91. The van der Waals surface area contributed by atoms with Crippen molar-refractivity contribution in [3.05, 3.63) is 195 Å². The molecule has 0 heterocycles. The first-order valence-electron chi connectivity index (χ1n) is 18.3. The van der Waals surface area contributed by atoms with Crippen molar-refractivity contribution < 1.29 is 27.9 Å². The number of phenols is 3. The van der Waals surface area contributed by atoms with Gasteiger partial charge in [0.05, 0.1) is 0 Å². The quantitative estimate of drug-likeness (QED) is 0.152. The second-order valence-corrected chi connectivity index (χ2v) is 16.0. The normalized spacial score (nSPS) is 12.6. The maximum absolute atomic E-state index is 14.0. The molecular formula is C48H40O6S. The molecule has 0 aliphatic heterocycles. The monoisotopic (exact) mass is 744 g/mol. The van der Waals surface area contributed by atoms with E-state index in [1.54, 1.807) is 18.2 Å². The van der Waals surface area contributed by atoms with Crippen LogP contribution in [0.3, 0.4) is 0 Å². The zero-order valence-corrected chi connectivity index (χ0v) is 31.4. The number of aromatic hydroxyl groups is 3. The molecule has 7 aromatic carbocycles. The molecule has 3 N–H and O–H groups in total. The minimum absolute atomic E-state index is 0.0124. The molecule has 0 saturated carbocycles. The summed E-state index contributed by atoms with van der Waals surface area (Å²) in [5.74, 6) is 0.378. The number of aryl methyl sites for hydroxylation is 2. The third kappa shape index (κ3) is 7.31. The molecule has 0 amide bonds. The zero-order chi connectivity index (χ0) is 38.3. The first-order chi connectivity index (χ1) is 26.5. The van der Waals surface area contributed by atoms with Crippen LogP contribution in [0.25, 0.3) is 22.3 Å². The van der Waals surface area contributed by atoms with Crippen LogP contribution in [0.1, 0.15) is 55.6 Å². The van der Waals surface area contributed by atoms with E-state index in [0.29, 0.717) is 44.5 Å². The molecule has 0 unspecified atom stereocenters. The van der Waals surface area contributed by atoms with E-state index in [1.165, 1.54) is 12.1 Å². The SMILES string of the molecule is Cc1cc2c(O)c(c1)Cc1cc(-c3ccccc3)cc(c1OS(=O)(=O)c1ccccc1)Cc1cc(C)cc(c1O)Cc1cc(-c3ccccc3)cc(c1O)C2. The molecule has 0 fully saturated rings. The van der Waals surface area contributed by atoms with Gasteiger partial charge in [0.15, 0.2) is 0 Å². The fraction of sp³-hybridized carbons (Fsp3) is 0.125. The Morgan fingerprint density at radius 1 is 0.418 bits per heavy atom. The van der Waals surface area contributed by atoms with Crippen molar-refractivity contribution >= 4 is 10.1 Å². The number of benzene rings is 7. The van der Waals surface area contributed by atoms with Crippen molar-refractivity contribution in [2.75, 3.05) is 0 Å².